The first-order chi connectivity index (χ1) is 11.8. The molecule has 132 valence electrons. The predicted molar refractivity (Wildman–Crippen MR) is 103 cm³/mol. The number of carbonyl (C=O) groups is 2. The summed E-state index contributed by atoms with van der Waals surface area (Å²) in [7, 11) is 0. The van der Waals surface area contributed by atoms with E-state index < -0.39 is 11.9 Å². The third kappa shape index (κ3) is 5.11. The summed E-state index contributed by atoms with van der Waals surface area (Å²) in [4.78, 5) is 25.0. The van der Waals surface area contributed by atoms with Crippen molar-refractivity contribution in [2.75, 3.05) is 5.32 Å². The van der Waals surface area contributed by atoms with E-state index in [1.54, 1.807) is 42.5 Å². The fraction of sp³-hybridized carbons (Fsp3) is 0.222. The van der Waals surface area contributed by atoms with Gasteiger partial charge in [0.25, 0.3) is 5.91 Å². The van der Waals surface area contributed by atoms with Crippen LogP contribution >= 0.6 is 34.8 Å². The molecule has 1 atom stereocenters. The van der Waals surface area contributed by atoms with Crippen molar-refractivity contribution in [3.63, 3.8) is 0 Å². The summed E-state index contributed by atoms with van der Waals surface area (Å²) in [5.74, 6) is -0.958. The average Bonchev–Trinajstić information content (AvgIpc) is 2.55. The van der Waals surface area contributed by atoms with Crippen LogP contribution in [0.5, 0.6) is 0 Å². The standard InChI is InChI=1S/C18H17Cl3N2O2/c1-10(2)16(23-17(24)12-5-3-4-6-13(12)20)18(25)22-15-9-11(19)7-8-14(15)21/h3-10,16H,1-2H3,(H,22,25)(H,23,24)/t16-/m0/s1. The number of amides is 2. The smallest absolute Gasteiger partial charge is 0.253 e. The van der Waals surface area contributed by atoms with Crippen LogP contribution in [0.4, 0.5) is 5.69 Å². The predicted octanol–water partition coefficient (Wildman–Crippen LogP) is 5.04. The van der Waals surface area contributed by atoms with Crippen LogP contribution in [0, 0.1) is 5.92 Å². The Hall–Kier alpha value is -1.75. The molecule has 25 heavy (non-hydrogen) atoms. The van der Waals surface area contributed by atoms with Crippen molar-refractivity contribution >= 4 is 52.3 Å². The van der Waals surface area contributed by atoms with Crippen molar-refractivity contribution in [1.82, 2.24) is 5.32 Å². The van der Waals surface area contributed by atoms with Crippen molar-refractivity contribution in [1.29, 1.82) is 0 Å². The van der Waals surface area contributed by atoms with Gasteiger partial charge in [-0.15, -0.1) is 0 Å². The molecule has 0 saturated heterocycles. The van der Waals surface area contributed by atoms with E-state index in [0.29, 0.717) is 26.3 Å². The van der Waals surface area contributed by atoms with Gasteiger partial charge in [-0.25, -0.2) is 0 Å². The number of hydrogen-bond donors (Lipinski definition) is 2. The van der Waals surface area contributed by atoms with Crippen molar-refractivity contribution < 1.29 is 9.59 Å². The van der Waals surface area contributed by atoms with Gasteiger partial charge in [-0.2, -0.15) is 0 Å². The van der Waals surface area contributed by atoms with Crippen molar-refractivity contribution in [2.45, 2.75) is 19.9 Å². The second-order valence-corrected chi connectivity index (χ2v) is 7.04. The Morgan fingerprint density at radius 1 is 0.960 bits per heavy atom. The molecule has 0 spiro atoms. The molecular formula is C18H17Cl3N2O2. The van der Waals surface area contributed by atoms with Gasteiger partial charge in [0, 0.05) is 5.02 Å². The lowest BCUT2D eigenvalue weighted by Gasteiger charge is -2.22. The molecule has 2 amide bonds. The largest absolute Gasteiger partial charge is 0.340 e. The molecule has 0 aliphatic carbocycles. The molecule has 2 N–H and O–H groups in total. The topological polar surface area (TPSA) is 58.2 Å². The number of hydrogen-bond acceptors (Lipinski definition) is 2. The second kappa shape index (κ2) is 8.56. The minimum Gasteiger partial charge on any atom is -0.340 e. The van der Waals surface area contributed by atoms with Crippen LogP contribution in [-0.2, 0) is 4.79 Å². The van der Waals surface area contributed by atoms with Crippen LogP contribution in [0.25, 0.3) is 0 Å². The van der Waals surface area contributed by atoms with Gasteiger partial charge >= 0.3 is 0 Å². The number of halogens is 3. The molecule has 0 aliphatic rings. The first-order valence-corrected chi connectivity index (χ1v) is 8.74. The molecule has 2 aromatic carbocycles. The van der Waals surface area contributed by atoms with E-state index in [4.69, 9.17) is 34.8 Å². The summed E-state index contributed by atoms with van der Waals surface area (Å²) in [6, 6.07) is 10.6. The normalized spacial score (nSPS) is 11.9. The van der Waals surface area contributed by atoms with Gasteiger partial charge in [-0.3, -0.25) is 9.59 Å². The van der Waals surface area contributed by atoms with E-state index in [0.717, 1.165) is 0 Å². The summed E-state index contributed by atoms with van der Waals surface area (Å²) >= 11 is 18.0. The van der Waals surface area contributed by atoms with Crippen LogP contribution in [0.3, 0.4) is 0 Å². The van der Waals surface area contributed by atoms with Crippen molar-refractivity contribution in [2.24, 2.45) is 5.92 Å². The first kappa shape index (κ1) is 19.6. The lowest BCUT2D eigenvalue weighted by atomic mass is 10.0. The molecule has 0 bridgehead atoms. The Bertz CT molecular complexity index is 794. The summed E-state index contributed by atoms with van der Waals surface area (Å²) in [5.41, 5.74) is 0.695. The summed E-state index contributed by atoms with van der Waals surface area (Å²) in [6.07, 6.45) is 0. The van der Waals surface area contributed by atoms with E-state index in [9.17, 15) is 9.59 Å². The number of nitrogens with one attached hydrogen (secondary N) is 2. The van der Waals surface area contributed by atoms with Gasteiger partial charge in [-0.05, 0) is 36.2 Å². The molecule has 4 nitrogen and oxygen atoms in total. The van der Waals surface area contributed by atoms with Gasteiger partial charge in [0.15, 0.2) is 0 Å². The van der Waals surface area contributed by atoms with E-state index in [1.165, 1.54) is 0 Å². The third-order valence-electron chi connectivity index (χ3n) is 3.54. The average molecular weight is 400 g/mol. The quantitative estimate of drug-likeness (QED) is 0.740. The number of benzene rings is 2. The Morgan fingerprint density at radius 3 is 2.28 bits per heavy atom. The monoisotopic (exact) mass is 398 g/mol. The maximum Gasteiger partial charge on any atom is 0.253 e. The van der Waals surface area contributed by atoms with Crippen LogP contribution in [-0.4, -0.2) is 17.9 Å². The number of anilines is 1. The maximum atomic E-state index is 12.6. The van der Waals surface area contributed by atoms with E-state index >= 15 is 0 Å². The van der Waals surface area contributed by atoms with E-state index in [1.807, 2.05) is 13.8 Å². The van der Waals surface area contributed by atoms with Gasteiger partial charge in [0.2, 0.25) is 5.91 Å². The Labute approximate surface area is 161 Å². The summed E-state index contributed by atoms with van der Waals surface area (Å²) < 4.78 is 0. The lowest BCUT2D eigenvalue weighted by molar-refractivity contribution is -0.118. The molecule has 2 rings (SSSR count). The molecule has 2 aromatic rings. The zero-order valence-electron chi connectivity index (χ0n) is 13.6. The molecular weight excluding hydrogens is 383 g/mol. The molecule has 0 heterocycles. The Morgan fingerprint density at radius 2 is 1.64 bits per heavy atom. The van der Waals surface area contributed by atoms with Gasteiger partial charge < -0.3 is 10.6 Å². The van der Waals surface area contributed by atoms with Crippen LogP contribution in [0.15, 0.2) is 42.5 Å². The molecule has 0 radical (unpaired) electrons. The molecule has 0 unspecified atom stereocenters. The molecule has 7 heteroatoms. The highest BCUT2D eigenvalue weighted by Crippen LogP contribution is 2.26. The zero-order chi connectivity index (χ0) is 18.6. The fourth-order valence-corrected chi connectivity index (χ4v) is 2.76. The van der Waals surface area contributed by atoms with Gasteiger partial charge in [0.05, 0.1) is 21.3 Å². The van der Waals surface area contributed by atoms with E-state index in [-0.39, 0.29) is 11.8 Å². The SMILES string of the molecule is CC(C)[C@H](NC(=O)c1ccccc1Cl)C(=O)Nc1cc(Cl)ccc1Cl. The Kier molecular flexibility index (Phi) is 6.71. The lowest BCUT2D eigenvalue weighted by Crippen LogP contribution is -2.47. The molecule has 0 fully saturated rings. The highest BCUT2D eigenvalue weighted by atomic mass is 35.5. The fourth-order valence-electron chi connectivity index (χ4n) is 2.20. The highest BCUT2D eigenvalue weighted by Gasteiger charge is 2.26. The number of carbonyl (C=O) groups excluding carboxylic acids is 2. The third-order valence-corrected chi connectivity index (χ3v) is 4.43. The number of rotatable bonds is 5. The molecule has 0 aliphatic heterocycles. The van der Waals surface area contributed by atoms with Crippen molar-refractivity contribution in [3.05, 3.63) is 63.1 Å². The summed E-state index contributed by atoms with van der Waals surface area (Å²) in [6.45, 7) is 3.66. The van der Waals surface area contributed by atoms with E-state index in [2.05, 4.69) is 10.6 Å². The maximum absolute atomic E-state index is 12.6. The first-order valence-electron chi connectivity index (χ1n) is 7.61. The summed E-state index contributed by atoms with van der Waals surface area (Å²) in [5, 5.41) is 6.54. The highest BCUT2D eigenvalue weighted by molar-refractivity contribution is 6.36. The second-order valence-electron chi connectivity index (χ2n) is 5.79. The van der Waals surface area contributed by atoms with Crippen molar-refractivity contribution in [3.8, 4) is 0 Å². The minimum atomic E-state index is -0.765. The van der Waals surface area contributed by atoms with Crippen LogP contribution < -0.4 is 10.6 Å². The van der Waals surface area contributed by atoms with Crippen LogP contribution in [0.2, 0.25) is 15.1 Å². The van der Waals surface area contributed by atoms with Crippen LogP contribution in [0.1, 0.15) is 24.2 Å². The molecule has 0 aromatic heterocycles. The zero-order valence-corrected chi connectivity index (χ0v) is 15.9. The minimum absolute atomic E-state index is 0.149. The Balaban J connectivity index is 2.17. The van der Waals surface area contributed by atoms with Gasteiger partial charge in [-0.1, -0.05) is 60.8 Å². The molecule has 0 saturated carbocycles. The van der Waals surface area contributed by atoms with Gasteiger partial charge in [0.1, 0.15) is 6.04 Å².